The average molecular weight is 389 g/mol. The van der Waals surface area contributed by atoms with Crippen molar-refractivity contribution in [3.05, 3.63) is 33.9 Å². The molecule has 0 N–H and O–H groups in total. The van der Waals surface area contributed by atoms with Crippen molar-refractivity contribution in [2.75, 3.05) is 24.6 Å². The maximum absolute atomic E-state index is 13.0. The zero-order valence-corrected chi connectivity index (χ0v) is 15.9. The van der Waals surface area contributed by atoms with Gasteiger partial charge in [-0.25, -0.2) is 4.90 Å². The number of piperidine rings is 1. The van der Waals surface area contributed by atoms with E-state index in [0.29, 0.717) is 31.7 Å². The van der Waals surface area contributed by atoms with Gasteiger partial charge in [0.2, 0.25) is 5.91 Å². The predicted molar refractivity (Wildman–Crippen MR) is 99.7 cm³/mol. The van der Waals surface area contributed by atoms with Crippen molar-refractivity contribution in [2.45, 2.75) is 39.2 Å². The van der Waals surface area contributed by atoms with Crippen LogP contribution in [0.1, 0.15) is 31.7 Å². The fraction of sp³-hybridized carbons (Fsp3) is 0.526. The first-order chi connectivity index (χ1) is 13.3. The van der Waals surface area contributed by atoms with E-state index >= 15 is 0 Å². The van der Waals surface area contributed by atoms with Crippen LogP contribution < -0.4 is 4.90 Å². The second-order valence-electron chi connectivity index (χ2n) is 7.10. The number of likely N-dealkylation sites (tertiary alicyclic amines) is 1. The zero-order chi connectivity index (χ0) is 20.4. The number of nitro benzene ring substituents is 1. The minimum atomic E-state index is -0.664. The Bertz CT molecular complexity index is 824. The lowest BCUT2D eigenvalue weighted by Crippen LogP contribution is -2.48. The van der Waals surface area contributed by atoms with Crippen molar-refractivity contribution in [1.82, 2.24) is 4.90 Å². The second-order valence-corrected chi connectivity index (χ2v) is 7.10. The molecule has 0 aromatic heterocycles. The Balaban J connectivity index is 1.81. The van der Waals surface area contributed by atoms with Gasteiger partial charge in [-0.1, -0.05) is 6.07 Å². The summed E-state index contributed by atoms with van der Waals surface area (Å²) in [7, 11) is 0. The van der Waals surface area contributed by atoms with Crippen LogP contribution >= 0.6 is 0 Å². The first-order valence-corrected chi connectivity index (χ1v) is 9.36. The molecule has 9 nitrogen and oxygen atoms in total. The summed E-state index contributed by atoms with van der Waals surface area (Å²) in [5.41, 5.74) is 0.673. The third kappa shape index (κ3) is 3.75. The van der Waals surface area contributed by atoms with Gasteiger partial charge >= 0.3 is 5.97 Å². The number of non-ortho nitro benzene ring substituents is 1. The van der Waals surface area contributed by atoms with E-state index in [1.165, 1.54) is 18.2 Å². The molecule has 2 aliphatic rings. The molecule has 0 saturated carbocycles. The van der Waals surface area contributed by atoms with Crippen LogP contribution in [0.3, 0.4) is 0 Å². The molecule has 2 saturated heterocycles. The molecule has 150 valence electrons. The topological polar surface area (TPSA) is 110 Å². The van der Waals surface area contributed by atoms with Crippen molar-refractivity contribution >= 4 is 29.2 Å². The number of esters is 1. The molecule has 2 heterocycles. The van der Waals surface area contributed by atoms with Crippen molar-refractivity contribution in [1.29, 1.82) is 0 Å². The summed E-state index contributed by atoms with van der Waals surface area (Å²) >= 11 is 0. The number of benzene rings is 1. The normalized spacial score (nSPS) is 23.1. The van der Waals surface area contributed by atoms with E-state index in [9.17, 15) is 24.5 Å². The summed E-state index contributed by atoms with van der Waals surface area (Å²) in [6, 6.07) is 3.46. The van der Waals surface area contributed by atoms with Crippen LogP contribution in [0.4, 0.5) is 11.4 Å². The third-order valence-electron chi connectivity index (χ3n) is 5.28. The molecular formula is C19H23N3O6. The highest BCUT2D eigenvalue weighted by molar-refractivity contribution is 6.22. The zero-order valence-electron chi connectivity index (χ0n) is 15.9. The quantitative estimate of drug-likeness (QED) is 0.327. The van der Waals surface area contributed by atoms with E-state index in [0.717, 1.165) is 11.3 Å². The van der Waals surface area contributed by atoms with Gasteiger partial charge in [-0.15, -0.1) is 0 Å². The number of nitrogens with zero attached hydrogens (tertiary/aromatic N) is 3. The van der Waals surface area contributed by atoms with Gasteiger partial charge in [0.15, 0.2) is 0 Å². The first-order valence-electron chi connectivity index (χ1n) is 9.36. The number of hydrogen-bond acceptors (Lipinski definition) is 7. The van der Waals surface area contributed by atoms with Crippen molar-refractivity contribution in [2.24, 2.45) is 5.92 Å². The summed E-state index contributed by atoms with van der Waals surface area (Å²) in [4.78, 5) is 51.1. The molecule has 1 aromatic rings. The number of imide groups is 1. The molecule has 2 atom stereocenters. The van der Waals surface area contributed by atoms with E-state index in [2.05, 4.69) is 0 Å². The smallest absolute Gasteiger partial charge is 0.310 e. The number of rotatable bonds is 5. The highest BCUT2D eigenvalue weighted by Gasteiger charge is 2.45. The van der Waals surface area contributed by atoms with Gasteiger partial charge in [-0.3, -0.25) is 29.4 Å². The van der Waals surface area contributed by atoms with Gasteiger partial charge in [-0.2, -0.15) is 0 Å². The molecular weight excluding hydrogens is 366 g/mol. The second kappa shape index (κ2) is 8.05. The standard InChI is InChI=1S/C19H23N3O6/c1-3-28-19(25)13-5-4-8-20(11-13)16-10-17(23)21(18(16)24)15-9-14(22(26)27)7-6-12(15)2/h6-7,9,13,16H,3-5,8,10-11H2,1-2H3/t13-,16-/m1/s1. The molecule has 2 aliphatic heterocycles. The Morgan fingerprint density at radius 3 is 2.79 bits per heavy atom. The van der Waals surface area contributed by atoms with Gasteiger partial charge in [0.1, 0.15) is 0 Å². The number of amides is 2. The number of nitro groups is 1. The molecule has 1 aromatic carbocycles. The molecule has 0 aliphatic carbocycles. The third-order valence-corrected chi connectivity index (χ3v) is 5.28. The molecule has 28 heavy (non-hydrogen) atoms. The van der Waals surface area contributed by atoms with Crippen LogP contribution in [0.2, 0.25) is 0 Å². The van der Waals surface area contributed by atoms with Crippen molar-refractivity contribution < 1.29 is 24.0 Å². The Kier molecular flexibility index (Phi) is 5.73. The van der Waals surface area contributed by atoms with Crippen LogP contribution in [0, 0.1) is 23.0 Å². The Morgan fingerprint density at radius 1 is 1.36 bits per heavy atom. The lowest BCUT2D eigenvalue weighted by molar-refractivity contribution is -0.384. The molecule has 9 heteroatoms. The van der Waals surface area contributed by atoms with E-state index in [1.807, 2.05) is 4.90 Å². The molecule has 0 unspecified atom stereocenters. The van der Waals surface area contributed by atoms with Crippen LogP contribution in [0.15, 0.2) is 18.2 Å². The van der Waals surface area contributed by atoms with Crippen molar-refractivity contribution in [3.8, 4) is 0 Å². The Morgan fingerprint density at radius 2 is 2.11 bits per heavy atom. The van der Waals surface area contributed by atoms with Gasteiger partial charge in [0.25, 0.3) is 11.6 Å². The number of anilines is 1. The van der Waals surface area contributed by atoms with E-state index < -0.39 is 22.8 Å². The molecule has 3 rings (SSSR count). The minimum absolute atomic E-state index is 0.00346. The summed E-state index contributed by atoms with van der Waals surface area (Å²) in [6.07, 6.45) is 1.42. The highest BCUT2D eigenvalue weighted by Crippen LogP contribution is 2.32. The molecule has 2 amide bonds. The first kappa shape index (κ1) is 19.9. The van der Waals surface area contributed by atoms with Crippen LogP contribution in [-0.2, 0) is 19.1 Å². The number of aryl methyl sites for hydroxylation is 1. The predicted octanol–water partition coefficient (Wildman–Crippen LogP) is 1.81. The van der Waals surface area contributed by atoms with Crippen LogP contribution in [-0.4, -0.2) is 53.3 Å². The SMILES string of the molecule is CCOC(=O)[C@@H]1CCCN([C@@H]2CC(=O)N(c3cc([N+](=O)[O-])ccc3C)C2=O)C1. The summed E-state index contributed by atoms with van der Waals surface area (Å²) in [6.45, 7) is 4.73. The number of carbonyl (C=O) groups is 3. The summed E-state index contributed by atoms with van der Waals surface area (Å²) in [5.74, 6) is -1.39. The van der Waals surface area contributed by atoms with Gasteiger partial charge in [0, 0.05) is 18.7 Å². The van der Waals surface area contributed by atoms with Crippen molar-refractivity contribution in [3.63, 3.8) is 0 Å². The van der Waals surface area contributed by atoms with Gasteiger partial charge in [-0.05, 0) is 38.8 Å². The fourth-order valence-electron chi connectivity index (χ4n) is 3.85. The highest BCUT2D eigenvalue weighted by atomic mass is 16.6. The Hall–Kier alpha value is -2.81. The number of hydrogen-bond donors (Lipinski definition) is 0. The van der Waals surface area contributed by atoms with Crippen LogP contribution in [0.5, 0.6) is 0 Å². The van der Waals surface area contributed by atoms with E-state index in [-0.39, 0.29) is 29.7 Å². The fourth-order valence-corrected chi connectivity index (χ4v) is 3.85. The number of carbonyl (C=O) groups excluding carboxylic acids is 3. The van der Waals surface area contributed by atoms with E-state index in [1.54, 1.807) is 13.8 Å². The average Bonchev–Trinajstić information content (AvgIpc) is 2.96. The Labute approximate surface area is 162 Å². The lowest BCUT2D eigenvalue weighted by Gasteiger charge is -2.34. The van der Waals surface area contributed by atoms with Gasteiger partial charge < -0.3 is 4.74 Å². The maximum atomic E-state index is 13.0. The molecule has 0 spiro atoms. The largest absolute Gasteiger partial charge is 0.466 e. The minimum Gasteiger partial charge on any atom is -0.466 e. The summed E-state index contributed by atoms with van der Waals surface area (Å²) in [5, 5.41) is 11.1. The molecule has 0 bridgehead atoms. The maximum Gasteiger partial charge on any atom is 0.310 e. The van der Waals surface area contributed by atoms with Gasteiger partial charge in [0.05, 0.1) is 35.6 Å². The summed E-state index contributed by atoms with van der Waals surface area (Å²) < 4.78 is 5.09. The number of ether oxygens (including phenoxy) is 1. The van der Waals surface area contributed by atoms with Crippen LogP contribution in [0.25, 0.3) is 0 Å². The monoisotopic (exact) mass is 389 g/mol. The molecule has 0 radical (unpaired) electrons. The molecule has 2 fully saturated rings. The van der Waals surface area contributed by atoms with E-state index in [4.69, 9.17) is 4.74 Å². The lowest BCUT2D eigenvalue weighted by atomic mass is 9.96.